The van der Waals surface area contributed by atoms with E-state index in [2.05, 4.69) is 24.1 Å². The first-order chi connectivity index (χ1) is 10.4. The van der Waals surface area contributed by atoms with E-state index < -0.39 is 17.9 Å². The number of aliphatic carboxylic acids is 1. The second-order valence-electron chi connectivity index (χ2n) is 5.21. The van der Waals surface area contributed by atoms with Gasteiger partial charge in [0.05, 0.1) is 0 Å². The number of nitrogens with two attached hydrogens (primary N) is 1. The Morgan fingerprint density at radius 2 is 1.95 bits per heavy atom. The number of carboxylic acid groups (broad SMARTS) is 1. The Morgan fingerprint density at radius 1 is 1.32 bits per heavy atom. The van der Waals surface area contributed by atoms with Gasteiger partial charge in [0.25, 0.3) is 0 Å². The van der Waals surface area contributed by atoms with E-state index in [1.54, 1.807) is 0 Å². The molecule has 122 valence electrons. The molecule has 1 atom stereocenters. The summed E-state index contributed by atoms with van der Waals surface area (Å²) in [4.78, 5) is 24.3. The summed E-state index contributed by atoms with van der Waals surface area (Å²) in [5.74, 6) is -1.49. The minimum Gasteiger partial charge on any atom is -0.480 e. The Kier molecular flexibility index (Phi) is 6.69. The monoisotopic (exact) mass is 307 g/mol. The molecule has 0 aliphatic carbocycles. The maximum absolute atomic E-state index is 11.3. The predicted octanol–water partition coefficient (Wildman–Crippen LogP) is 1.97. The Morgan fingerprint density at radius 3 is 2.41 bits per heavy atom. The Balaban J connectivity index is 2.87. The second-order valence-corrected chi connectivity index (χ2v) is 5.21. The highest BCUT2D eigenvalue weighted by atomic mass is 16.4. The van der Waals surface area contributed by atoms with Crippen LogP contribution in [0.25, 0.3) is 0 Å². The highest BCUT2D eigenvalue weighted by Crippen LogP contribution is 2.23. The first-order valence-corrected chi connectivity index (χ1v) is 7.52. The molecule has 0 radical (unpaired) electrons. The van der Waals surface area contributed by atoms with Crippen molar-refractivity contribution in [3.63, 3.8) is 0 Å². The van der Waals surface area contributed by atoms with Crippen LogP contribution in [0, 0.1) is 6.92 Å². The van der Waals surface area contributed by atoms with Crippen LogP contribution in [0.15, 0.2) is 18.2 Å². The third kappa shape index (κ3) is 4.95. The van der Waals surface area contributed by atoms with Gasteiger partial charge < -0.3 is 21.1 Å². The van der Waals surface area contributed by atoms with Crippen LogP contribution in [0.4, 0.5) is 11.4 Å². The van der Waals surface area contributed by atoms with E-state index in [4.69, 9.17) is 5.73 Å². The highest BCUT2D eigenvalue weighted by molar-refractivity contribution is 5.80. The number of hydrogen-bond donors (Lipinski definition) is 3. The maximum Gasteiger partial charge on any atom is 0.326 e. The average Bonchev–Trinajstić information content (AvgIpc) is 2.46. The normalized spacial score (nSPS) is 11.8. The molecular formula is C16H25N3O3. The van der Waals surface area contributed by atoms with E-state index in [0.29, 0.717) is 0 Å². The van der Waals surface area contributed by atoms with E-state index >= 15 is 0 Å². The summed E-state index contributed by atoms with van der Waals surface area (Å²) < 4.78 is 0. The molecule has 0 spiro atoms. The number of carbonyl (C=O) groups is 2. The smallest absolute Gasteiger partial charge is 0.326 e. The molecular weight excluding hydrogens is 282 g/mol. The van der Waals surface area contributed by atoms with E-state index in [-0.39, 0.29) is 12.8 Å². The molecule has 6 nitrogen and oxygen atoms in total. The van der Waals surface area contributed by atoms with Crippen molar-refractivity contribution in [3.05, 3.63) is 23.8 Å². The van der Waals surface area contributed by atoms with Crippen molar-refractivity contribution >= 4 is 23.3 Å². The van der Waals surface area contributed by atoms with E-state index in [1.165, 1.54) is 0 Å². The van der Waals surface area contributed by atoms with Gasteiger partial charge in [-0.1, -0.05) is 0 Å². The van der Waals surface area contributed by atoms with Gasteiger partial charge >= 0.3 is 5.97 Å². The fraction of sp³-hybridized carbons (Fsp3) is 0.500. The fourth-order valence-corrected chi connectivity index (χ4v) is 2.33. The zero-order valence-electron chi connectivity index (χ0n) is 13.4. The van der Waals surface area contributed by atoms with Gasteiger partial charge in [-0.25, -0.2) is 4.79 Å². The molecule has 0 saturated carbocycles. The van der Waals surface area contributed by atoms with Gasteiger partial charge in [-0.05, 0) is 51.0 Å². The summed E-state index contributed by atoms with van der Waals surface area (Å²) in [6, 6.07) is 5.05. The summed E-state index contributed by atoms with van der Waals surface area (Å²) in [5.41, 5.74) is 7.92. The van der Waals surface area contributed by atoms with E-state index in [1.807, 2.05) is 25.1 Å². The number of carboxylic acids is 1. The predicted molar refractivity (Wildman–Crippen MR) is 88.2 cm³/mol. The minimum atomic E-state index is -0.992. The molecule has 0 aromatic heterocycles. The molecule has 1 rings (SSSR count). The van der Waals surface area contributed by atoms with E-state index in [9.17, 15) is 14.7 Å². The van der Waals surface area contributed by atoms with Crippen LogP contribution in [-0.2, 0) is 9.59 Å². The molecule has 0 aliphatic heterocycles. The van der Waals surface area contributed by atoms with Gasteiger partial charge in [0, 0.05) is 30.9 Å². The Hall–Kier alpha value is -2.24. The second kappa shape index (κ2) is 8.26. The lowest BCUT2D eigenvalue weighted by Gasteiger charge is -2.23. The molecule has 0 heterocycles. The van der Waals surface area contributed by atoms with Crippen molar-refractivity contribution in [2.45, 2.75) is 39.7 Å². The van der Waals surface area contributed by atoms with Gasteiger partial charge in [-0.15, -0.1) is 0 Å². The molecule has 1 aromatic carbocycles. The van der Waals surface area contributed by atoms with Gasteiger partial charge in [-0.3, -0.25) is 4.79 Å². The number of nitrogens with zero attached hydrogens (tertiary/aromatic N) is 1. The summed E-state index contributed by atoms with van der Waals surface area (Å²) in [5, 5.41) is 12.2. The lowest BCUT2D eigenvalue weighted by molar-refractivity contribution is -0.138. The molecule has 1 amide bonds. The number of nitrogens with one attached hydrogen (secondary N) is 1. The summed E-state index contributed by atoms with van der Waals surface area (Å²) in [7, 11) is 0. The van der Waals surface area contributed by atoms with Gasteiger partial charge in [0.1, 0.15) is 6.04 Å². The molecule has 1 aromatic rings. The quantitative estimate of drug-likeness (QED) is 0.648. The lowest BCUT2D eigenvalue weighted by atomic mass is 10.1. The first-order valence-electron chi connectivity index (χ1n) is 7.52. The number of rotatable bonds is 9. The summed E-state index contributed by atoms with van der Waals surface area (Å²) >= 11 is 0. The molecule has 0 saturated heterocycles. The van der Waals surface area contributed by atoms with Crippen molar-refractivity contribution in [3.8, 4) is 0 Å². The highest BCUT2D eigenvalue weighted by Gasteiger charge is 2.19. The summed E-state index contributed by atoms with van der Waals surface area (Å²) in [6.07, 6.45) is 0.211. The largest absolute Gasteiger partial charge is 0.480 e. The van der Waals surface area contributed by atoms with Gasteiger partial charge in [0.2, 0.25) is 5.91 Å². The van der Waals surface area contributed by atoms with Crippen LogP contribution >= 0.6 is 0 Å². The molecule has 4 N–H and O–H groups in total. The van der Waals surface area contributed by atoms with Gasteiger partial charge in [-0.2, -0.15) is 0 Å². The van der Waals surface area contributed by atoms with E-state index in [0.717, 1.165) is 30.0 Å². The van der Waals surface area contributed by atoms with Crippen molar-refractivity contribution < 1.29 is 14.7 Å². The van der Waals surface area contributed by atoms with Crippen LogP contribution in [0.2, 0.25) is 0 Å². The third-order valence-corrected chi connectivity index (χ3v) is 3.65. The number of primary amides is 1. The number of aryl methyl sites for hydroxylation is 1. The zero-order chi connectivity index (χ0) is 16.7. The molecule has 0 unspecified atom stereocenters. The van der Waals surface area contributed by atoms with Crippen LogP contribution in [0.3, 0.4) is 0 Å². The Bertz CT molecular complexity index is 527. The molecule has 22 heavy (non-hydrogen) atoms. The minimum absolute atomic E-state index is 0.0422. The van der Waals surface area contributed by atoms with Crippen LogP contribution in [-0.4, -0.2) is 36.1 Å². The average molecular weight is 307 g/mol. The van der Waals surface area contributed by atoms with Crippen LogP contribution < -0.4 is 16.0 Å². The standard InChI is InChI=1S/C16H25N3O3/c1-4-19(5-2)12-6-7-13(11(3)10-12)18-14(16(21)22)8-9-15(17)20/h6-7,10,14,18H,4-5,8-9H2,1-3H3,(H2,17,20)(H,21,22)/t14-/m0/s1. The lowest BCUT2D eigenvalue weighted by Crippen LogP contribution is -2.31. The van der Waals surface area contributed by atoms with Crippen molar-refractivity contribution in [1.82, 2.24) is 0 Å². The number of hydrogen-bond acceptors (Lipinski definition) is 4. The molecule has 0 bridgehead atoms. The van der Waals surface area contributed by atoms with Crippen molar-refractivity contribution in [2.24, 2.45) is 5.73 Å². The molecule has 0 aliphatic rings. The van der Waals surface area contributed by atoms with Crippen molar-refractivity contribution in [1.29, 1.82) is 0 Å². The Labute approximate surface area is 131 Å². The maximum atomic E-state index is 11.3. The molecule has 0 fully saturated rings. The number of amides is 1. The number of anilines is 2. The van der Waals surface area contributed by atoms with Crippen LogP contribution in [0.5, 0.6) is 0 Å². The van der Waals surface area contributed by atoms with Crippen LogP contribution in [0.1, 0.15) is 32.3 Å². The van der Waals surface area contributed by atoms with Gasteiger partial charge in [0.15, 0.2) is 0 Å². The third-order valence-electron chi connectivity index (χ3n) is 3.65. The fourth-order valence-electron chi connectivity index (χ4n) is 2.33. The van der Waals surface area contributed by atoms with Crippen molar-refractivity contribution in [2.75, 3.05) is 23.3 Å². The summed E-state index contributed by atoms with van der Waals surface area (Å²) in [6.45, 7) is 7.95. The SMILES string of the molecule is CCN(CC)c1ccc(N[C@@H](CCC(N)=O)C(=O)O)c(C)c1. The molecule has 6 heteroatoms. The number of carbonyl (C=O) groups excluding carboxylic acids is 1. The zero-order valence-corrected chi connectivity index (χ0v) is 13.4. The first kappa shape index (κ1) is 17.8. The topological polar surface area (TPSA) is 95.7 Å². The number of benzene rings is 1.